The predicted molar refractivity (Wildman–Crippen MR) is 176 cm³/mol. The van der Waals surface area contributed by atoms with Crippen LogP contribution in [0, 0.1) is 0 Å². The molecule has 0 radical (unpaired) electrons. The van der Waals surface area contributed by atoms with Crippen LogP contribution in [0.3, 0.4) is 0 Å². The molecule has 6 atom stereocenters. The van der Waals surface area contributed by atoms with Crippen molar-refractivity contribution in [3.63, 3.8) is 0 Å². The molecule has 7 heteroatoms. The highest BCUT2D eigenvalue weighted by Crippen LogP contribution is 2.30. The van der Waals surface area contributed by atoms with Crippen LogP contribution in [0.4, 0.5) is 0 Å². The number of carbonyl (C=O) groups is 2. The van der Waals surface area contributed by atoms with Crippen molar-refractivity contribution in [2.45, 2.75) is 211 Å². The average molecular weight is 623 g/mol. The summed E-state index contributed by atoms with van der Waals surface area (Å²) in [5.74, 6) is -0.498. The van der Waals surface area contributed by atoms with Gasteiger partial charge in [-0.05, 0) is 51.5 Å². The van der Waals surface area contributed by atoms with Gasteiger partial charge in [-0.3, -0.25) is 4.79 Å². The molecule has 44 heavy (non-hydrogen) atoms. The van der Waals surface area contributed by atoms with E-state index in [0.29, 0.717) is 12.8 Å². The Morgan fingerprint density at radius 3 is 1.89 bits per heavy atom. The normalized spacial score (nSPS) is 22.1. The fourth-order valence-corrected chi connectivity index (χ4v) is 6.72. The third kappa shape index (κ3) is 17.3. The first-order valence-electron chi connectivity index (χ1n) is 18.4. The van der Waals surface area contributed by atoms with Crippen LogP contribution in [0.1, 0.15) is 175 Å². The Kier molecular flexibility index (Phi) is 21.0. The van der Waals surface area contributed by atoms with Crippen LogP contribution < -0.4 is 0 Å². The van der Waals surface area contributed by atoms with Crippen molar-refractivity contribution < 1.29 is 34.0 Å². The molecule has 0 aromatic rings. The second-order valence-corrected chi connectivity index (χ2v) is 13.5. The van der Waals surface area contributed by atoms with E-state index in [1.807, 2.05) is 13.0 Å². The Morgan fingerprint density at radius 1 is 0.818 bits per heavy atom. The summed E-state index contributed by atoms with van der Waals surface area (Å²) in [4.78, 5) is 23.5. The molecule has 1 fully saturated rings. The summed E-state index contributed by atoms with van der Waals surface area (Å²) in [6, 6.07) is 0. The molecule has 2 rings (SSSR count). The van der Waals surface area contributed by atoms with Crippen molar-refractivity contribution in [3.05, 3.63) is 11.6 Å². The lowest BCUT2D eigenvalue weighted by atomic mass is 9.98. The van der Waals surface area contributed by atoms with Gasteiger partial charge in [0.15, 0.2) is 0 Å². The molecule has 1 saturated heterocycles. The quantitative estimate of drug-likeness (QED) is 0.0698. The van der Waals surface area contributed by atoms with Gasteiger partial charge in [0.2, 0.25) is 0 Å². The Balaban J connectivity index is 1.52. The van der Waals surface area contributed by atoms with E-state index in [4.69, 9.17) is 14.2 Å². The maximum absolute atomic E-state index is 11.8. The zero-order valence-corrected chi connectivity index (χ0v) is 28.4. The Bertz CT molecular complexity index is 797. The minimum absolute atomic E-state index is 0.0742. The number of carbonyl (C=O) groups excluding carboxylic acids is 2. The fraction of sp³-hybridized carbons (Fsp3) is 0.892. The summed E-state index contributed by atoms with van der Waals surface area (Å²) >= 11 is 0. The van der Waals surface area contributed by atoms with Crippen LogP contribution in [0.25, 0.3) is 0 Å². The largest absolute Gasteiger partial charge is 0.460 e. The van der Waals surface area contributed by atoms with Crippen LogP contribution in [0.2, 0.25) is 0 Å². The van der Waals surface area contributed by atoms with Gasteiger partial charge >= 0.3 is 11.9 Å². The van der Waals surface area contributed by atoms with E-state index in [0.717, 1.165) is 76.2 Å². The molecule has 0 spiro atoms. The number of rotatable bonds is 27. The molecule has 0 aromatic carbocycles. The summed E-state index contributed by atoms with van der Waals surface area (Å²) in [6.45, 7) is 5.56. The van der Waals surface area contributed by atoms with Crippen molar-refractivity contribution in [1.82, 2.24) is 0 Å². The molecule has 0 aromatic heterocycles. The van der Waals surface area contributed by atoms with Gasteiger partial charge in [-0.2, -0.15) is 0 Å². The van der Waals surface area contributed by atoms with E-state index in [1.165, 1.54) is 77.6 Å². The smallest absolute Gasteiger partial charge is 0.334 e. The SMILES string of the molecule is CCCCCCCCCCCCC(O)C1CCC(C(CC(O)CCCCCCCCCCC2=CC(C)OC2=O)OC(C)=O)O1. The Morgan fingerprint density at radius 2 is 1.34 bits per heavy atom. The van der Waals surface area contributed by atoms with Crippen molar-refractivity contribution in [2.75, 3.05) is 0 Å². The maximum atomic E-state index is 11.8. The zero-order valence-electron chi connectivity index (χ0n) is 28.4. The van der Waals surface area contributed by atoms with Gasteiger partial charge in [0.1, 0.15) is 12.2 Å². The first kappa shape index (κ1) is 38.7. The molecule has 2 heterocycles. The van der Waals surface area contributed by atoms with Gasteiger partial charge in [-0.1, -0.05) is 116 Å². The Labute approximate surface area is 268 Å². The number of aliphatic hydroxyl groups is 2. The van der Waals surface area contributed by atoms with E-state index in [2.05, 4.69) is 6.92 Å². The summed E-state index contributed by atoms with van der Waals surface area (Å²) in [7, 11) is 0. The lowest BCUT2D eigenvalue weighted by Crippen LogP contribution is -2.36. The number of unbranched alkanes of at least 4 members (excludes halogenated alkanes) is 16. The molecule has 6 unspecified atom stereocenters. The zero-order chi connectivity index (χ0) is 32.0. The third-order valence-corrected chi connectivity index (χ3v) is 9.33. The minimum Gasteiger partial charge on any atom is -0.460 e. The van der Waals surface area contributed by atoms with Crippen LogP contribution in [0.15, 0.2) is 11.6 Å². The van der Waals surface area contributed by atoms with E-state index in [9.17, 15) is 19.8 Å². The molecular weight excluding hydrogens is 556 g/mol. The molecule has 0 saturated carbocycles. The molecule has 2 aliphatic rings. The summed E-state index contributed by atoms with van der Waals surface area (Å²) in [5.41, 5.74) is 0.837. The average Bonchev–Trinajstić information content (AvgIpc) is 3.60. The summed E-state index contributed by atoms with van der Waals surface area (Å²) in [5, 5.41) is 21.5. The number of hydrogen-bond acceptors (Lipinski definition) is 7. The minimum atomic E-state index is -0.530. The van der Waals surface area contributed by atoms with Crippen LogP contribution in [-0.4, -0.2) is 58.8 Å². The van der Waals surface area contributed by atoms with Crippen LogP contribution >= 0.6 is 0 Å². The molecular formula is C37H66O7. The van der Waals surface area contributed by atoms with Gasteiger partial charge in [0, 0.05) is 18.9 Å². The van der Waals surface area contributed by atoms with Gasteiger partial charge in [0.25, 0.3) is 0 Å². The second kappa shape index (κ2) is 23.8. The Hall–Kier alpha value is -1.44. The standard InChI is InChI=1S/C37H66O7/c1-4-5-6-7-8-9-10-15-18-21-24-33(40)34-25-26-35(44-34)36(43-30(3)38)28-32(39)23-20-17-14-12-11-13-16-19-22-31-27-29(2)42-37(31)41/h27,29,32-36,39-40H,4-26,28H2,1-3H3. The molecule has 2 N–H and O–H groups in total. The van der Waals surface area contributed by atoms with E-state index in [-0.39, 0.29) is 30.3 Å². The molecule has 0 bridgehead atoms. The van der Waals surface area contributed by atoms with Gasteiger partial charge < -0.3 is 24.4 Å². The number of esters is 2. The van der Waals surface area contributed by atoms with Crippen molar-refractivity contribution in [2.24, 2.45) is 0 Å². The van der Waals surface area contributed by atoms with Crippen LogP contribution in [-0.2, 0) is 23.8 Å². The summed E-state index contributed by atoms with van der Waals surface area (Å²) < 4.78 is 16.9. The molecule has 2 aliphatic heterocycles. The lowest BCUT2D eigenvalue weighted by molar-refractivity contribution is -0.159. The van der Waals surface area contributed by atoms with Crippen molar-refractivity contribution in [3.8, 4) is 0 Å². The van der Waals surface area contributed by atoms with Crippen molar-refractivity contribution in [1.29, 1.82) is 0 Å². The third-order valence-electron chi connectivity index (χ3n) is 9.33. The summed E-state index contributed by atoms with van der Waals surface area (Å²) in [6.07, 6.45) is 25.7. The highest BCUT2D eigenvalue weighted by molar-refractivity contribution is 5.90. The molecule has 256 valence electrons. The van der Waals surface area contributed by atoms with E-state index in [1.54, 1.807) is 0 Å². The predicted octanol–water partition coefficient (Wildman–Crippen LogP) is 8.66. The monoisotopic (exact) mass is 622 g/mol. The van der Waals surface area contributed by atoms with E-state index < -0.39 is 18.3 Å². The number of ether oxygens (including phenoxy) is 3. The first-order valence-corrected chi connectivity index (χ1v) is 18.4. The van der Waals surface area contributed by atoms with E-state index >= 15 is 0 Å². The maximum Gasteiger partial charge on any atom is 0.334 e. The molecule has 7 nitrogen and oxygen atoms in total. The van der Waals surface area contributed by atoms with Gasteiger partial charge in [-0.25, -0.2) is 4.79 Å². The van der Waals surface area contributed by atoms with Crippen LogP contribution in [0.5, 0.6) is 0 Å². The number of cyclic esters (lactones) is 1. The fourth-order valence-electron chi connectivity index (χ4n) is 6.72. The topological polar surface area (TPSA) is 102 Å². The highest BCUT2D eigenvalue weighted by Gasteiger charge is 2.37. The number of hydrogen-bond donors (Lipinski definition) is 2. The molecule has 0 amide bonds. The van der Waals surface area contributed by atoms with Gasteiger partial charge in [-0.15, -0.1) is 0 Å². The highest BCUT2D eigenvalue weighted by atomic mass is 16.6. The first-order chi connectivity index (χ1) is 21.3. The number of aliphatic hydroxyl groups excluding tert-OH is 2. The van der Waals surface area contributed by atoms with Crippen molar-refractivity contribution >= 4 is 11.9 Å². The van der Waals surface area contributed by atoms with Gasteiger partial charge in [0.05, 0.1) is 24.4 Å². The lowest BCUT2D eigenvalue weighted by Gasteiger charge is -2.27. The second-order valence-electron chi connectivity index (χ2n) is 13.5. The molecule has 0 aliphatic carbocycles.